The number of ketones is 1. The first-order chi connectivity index (χ1) is 9.51. The van der Waals surface area contributed by atoms with E-state index in [2.05, 4.69) is 0 Å². The van der Waals surface area contributed by atoms with Crippen LogP contribution in [0.15, 0.2) is 36.4 Å². The lowest BCUT2D eigenvalue weighted by atomic mass is 10.0. The summed E-state index contributed by atoms with van der Waals surface area (Å²) in [6.07, 6.45) is -0.105. The standard InChI is InChI=1S/C15H11F3O2/c1-20-15-8-10(3-5-12(15)17)14(19)7-9-2-4-11(16)13(18)6-9/h2-6,8H,7H2,1H3. The van der Waals surface area contributed by atoms with Crippen LogP contribution in [0.4, 0.5) is 13.2 Å². The van der Waals surface area contributed by atoms with E-state index in [9.17, 15) is 18.0 Å². The summed E-state index contributed by atoms with van der Waals surface area (Å²) in [5.41, 5.74) is 0.588. The van der Waals surface area contributed by atoms with Gasteiger partial charge in [0.15, 0.2) is 29.0 Å². The number of methoxy groups -OCH3 is 1. The summed E-state index contributed by atoms with van der Waals surface area (Å²) in [4.78, 5) is 12.0. The minimum absolute atomic E-state index is 0.0406. The molecule has 0 atom stereocenters. The van der Waals surface area contributed by atoms with E-state index in [4.69, 9.17) is 4.74 Å². The van der Waals surface area contributed by atoms with Crippen molar-refractivity contribution in [3.8, 4) is 5.75 Å². The van der Waals surface area contributed by atoms with Gasteiger partial charge in [0.05, 0.1) is 7.11 Å². The predicted octanol–water partition coefficient (Wildman–Crippen LogP) is 3.54. The van der Waals surface area contributed by atoms with Gasteiger partial charge in [0.25, 0.3) is 0 Å². The highest BCUT2D eigenvalue weighted by molar-refractivity contribution is 5.97. The van der Waals surface area contributed by atoms with E-state index in [0.29, 0.717) is 5.56 Å². The fourth-order valence-corrected chi connectivity index (χ4v) is 1.77. The maximum atomic E-state index is 13.2. The Morgan fingerprint density at radius 1 is 1.00 bits per heavy atom. The Kier molecular flexibility index (Phi) is 4.08. The van der Waals surface area contributed by atoms with Crippen LogP contribution in [0, 0.1) is 17.5 Å². The topological polar surface area (TPSA) is 26.3 Å². The third kappa shape index (κ3) is 2.99. The van der Waals surface area contributed by atoms with Crippen molar-refractivity contribution < 1.29 is 22.7 Å². The van der Waals surface area contributed by atoms with Crippen LogP contribution in [-0.2, 0) is 6.42 Å². The Morgan fingerprint density at radius 2 is 1.70 bits per heavy atom. The van der Waals surface area contributed by atoms with Gasteiger partial charge >= 0.3 is 0 Å². The van der Waals surface area contributed by atoms with Gasteiger partial charge in [-0.3, -0.25) is 4.79 Å². The highest BCUT2D eigenvalue weighted by Gasteiger charge is 2.12. The molecule has 0 aliphatic rings. The Balaban J connectivity index is 2.21. The van der Waals surface area contributed by atoms with Gasteiger partial charge in [0.2, 0.25) is 0 Å². The minimum atomic E-state index is -1.01. The Bertz CT molecular complexity index is 654. The number of hydrogen-bond acceptors (Lipinski definition) is 2. The van der Waals surface area contributed by atoms with Crippen LogP contribution >= 0.6 is 0 Å². The summed E-state index contributed by atoms with van der Waals surface area (Å²) in [6, 6.07) is 6.98. The number of benzene rings is 2. The molecular formula is C15H11F3O2. The van der Waals surface area contributed by atoms with Crippen LogP contribution in [0.5, 0.6) is 5.75 Å². The Labute approximate surface area is 113 Å². The molecule has 2 nitrogen and oxygen atoms in total. The fourth-order valence-electron chi connectivity index (χ4n) is 1.77. The van der Waals surface area contributed by atoms with Crippen molar-refractivity contribution >= 4 is 5.78 Å². The largest absolute Gasteiger partial charge is 0.494 e. The summed E-state index contributed by atoms with van der Waals surface area (Å²) < 4.78 is 43.8. The highest BCUT2D eigenvalue weighted by atomic mass is 19.2. The lowest BCUT2D eigenvalue weighted by Gasteiger charge is -2.06. The summed E-state index contributed by atoms with van der Waals surface area (Å²) >= 11 is 0. The molecule has 0 aromatic heterocycles. The number of hydrogen-bond donors (Lipinski definition) is 0. The summed E-state index contributed by atoms with van der Waals surface area (Å²) in [5, 5.41) is 0. The molecule has 0 saturated carbocycles. The molecular weight excluding hydrogens is 269 g/mol. The van der Waals surface area contributed by atoms with E-state index in [1.165, 1.54) is 25.3 Å². The molecule has 0 amide bonds. The molecule has 0 bridgehead atoms. The molecule has 0 N–H and O–H groups in total. The lowest BCUT2D eigenvalue weighted by molar-refractivity contribution is 0.0992. The lowest BCUT2D eigenvalue weighted by Crippen LogP contribution is -2.05. The van der Waals surface area contributed by atoms with E-state index >= 15 is 0 Å². The summed E-state index contributed by atoms with van der Waals surface area (Å²) in [7, 11) is 1.29. The van der Waals surface area contributed by atoms with Gasteiger partial charge < -0.3 is 4.74 Å². The Morgan fingerprint density at radius 3 is 2.35 bits per heavy atom. The molecule has 0 radical (unpaired) electrons. The van der Waals surface area contributed by atoms with E-state index in [-0.39, 0.29) is 23.5 Å². The maximum Gasteiger partial charge on any atom is 0.167 e. The van der Waals surface area contributed by atoms with Crippen molar-refractivity contribution in [3.05, 3.63) is 65.0 Å². The minimum Gasteiger partial charge on any atom is -0.494 e. The number of carbonyl (C=O) groups is 1. The second-order valence-electron chi connectivity index (χ2n) is 4.20. The zero-order valence-electron chi connectivity index (χ0n) is 10.6. The first kappa shape index (κ1) is 14.1. The van der Waals surface area contributed by atoms with Gasteiger partial charge in [-0.1, -0.05) is 6.07 Å². The second kappa shape index (κ2) is 5.77. The van der Waals surface area contributed by atoms with E-state index in [1.54, 1.807) is 0 Å². The van der Waals surface area contributed by atoms with Crippen molar-refractivity contribution in [2.45, 2.75) is 6.42 Å². The molecule has 2 rings (SSSR count). The van der Waals surface area contributed by atoms with Crippen LogP contribution in [-0.4, -0.2) is 12.9 Å². The third-order valence-electron chi connectivity index (χ3n) is 2.82. The van der Waals surface area contributed by atoms with Crippen LogP contribution in [0.2, 0.25) is 0 Å². The molecule has 104 valence electrons. The third-order valence-corrected chi connectivity index (χ3v) is 2.82. The summed E-state index contributed by atoms with van der Waals surface area (Å²) in [6.45, 7) is 0. The van der Waals surface area contributed by atoms with Crippen LogP contribution in [0.25, 0.3) is 0 Å². The predicted molar refractivity (Wildman–Crippen MR) is 67.3 cm³/mol. The van der Waals surface area contributed by atoms with Crippen LogP contribution < -0.4 is 4.74 Å². The average molecular weight is 280 g/mol. The summed E-state index contributed by atoms with van der Waals surface area (Å²) in [5.74, 6) is -2.93. The van der Waals surface area contributed by atoms with Crippen molar-refractivity contribution in [2.24, 2.45) is 0 Å². The number of Topliss-reactive ketones (excluding diaryl/α,β-unsaturated/α-hetero) is 1. The zero-order valence-corrected chi connectivity index (χ0v) is 10.6. The average Bonchev–Trinajstić information content (AvgIpc) is 2.43. The molecule has 0 unspecified atom stereocenters. The van der Waals surface area contributed by atoms with Gasteiger partial charge in [-0.05, 0) is 35.9 Å². The maximum absolute atomic E-state index is 13.2. The number of rotatable bonds is 4. The zero-order chi connectivity index (χ0) is 14.7. The molecule has 0 fully saturated rings. The SMILES string of the molecule is COc1cc(C(=O)Cc2ccc(F)c(F)c2)ccc1F. The van der Waals surface area contributed by atoms with Crippen molar-refractivity contribution in [1.82, 2.24) is 0 Å². The monoisotopic (exact) mass is 280 g/mol. The molecule has 0 saturated heterocycles. The van der Waals surface area contributed by atoms with Gasteiger partial charge in [-0.15, -0.1) is 0 Å². The molecule has 5 heteroatoms. The van der Waals surface area contributed by atoms with E-state index < -0.39 is 17.5 Å². The quantitative estimate of drug-likeness (QED) is 0.801. The molecule has 2 aromatic rings. The number of ether oxygens (including phenoxy) is 1. The smallest absolute Gasteiger partial charge is 0.167 e. The first-order valence-electron chi connectivity index (χ1n) is 5.82. The van der Waals surface area contributed by atoms with Gasteiger partial charge in [-0.25, -0.2) is 13.2 Å². The molecule has 0 aliphatic heterocycles. The highest BCUT2D eigenvalue weighted by Crippen LogP contribution is 2.20. The van der Waals surface area contributed by atoms with Gasteiger partial charge in [0, 0.05) is 12.0 Å². The molecule has 0 heterocycles. The second-order valence-corrected chi connectivity index (χ2v) is 4.20. The number of carbonyl (C=O) groups excluding carboxylic acids is 1. The Hall–Kier alpha value is -2.30. The molecule has 0 aliphatic carbocycles. The molecule has 2 aromatic carbocycles. The first-order valence-corrected chi connectivity index (χ1v) is 5.82. The van der Waals surface area contributed by atoms with Crippen molar-refractivity contribution in [3.63, 3.8) is 0 Å². The van der Waals surface area contributed by atoms with Gasteiger partial charge in [-0.2, -0.15) is 0 Å². The van der Waals surface area contributed by atoms with Crippen LogP contribution in [0.1, 0.15) is 15.9 Å². The van der Waals surface area contributed by atoms with Gasteiger partial charge in [0.1, 0.15) is 0 Å². The van der Waals surface area contributed by atoms with E-state index in [0.717, 1.165) is 18.2 Å². The van der Waals surface area contributed by atoms with Crippen LogP contribution in [0.3, 0.4) is 0 Å². The van der Waals surface area contributed by atoms with Crippen molar-refractivity contribution in [2.75, 3.05) is 7.11 Å². The number of halogens is 3. The van der Waals surface area contributed by atoms with E-state index in [1.807, 2.05) is 0 Å². The fraction of sp³-hybridized carbons (Fsp3) is 0.133. The molecule has 20 heavy (non-hydrogen) atoms. The van der Waals surface area contributed by atoms with Crippen molar-refractivity contribution in [1.29, 1.82) is 0 Å². The molecule has 0 spiro atoms. The normalized spacial score (nSPS) is 10.4.